The van der Waals surface area contributed by atoms with Crippen LogP contribution in [0, 0.1) is 17.7 Å². The molecular formula is C26H27FN6O8. The molecule has 1 aromatic carbocycles. The highest BCUT2D eigenvalue weighted by molar-refractivity contribution is 6.24. The van der Waals surface area contributed by atoms with E-state index in [4.69, 9.17) is 10.5 Å². The number of benzene rings is 1. The molecule has 0 unspecified atom stereocenters. The highest BCUT2D eigenvalue weighted by atomic mass is 19.1. The topological polar surface area (TPSA) is 210 Å². The summed E-state index contributed by atoms with van der Waals surface area (Å²) in [5, 5.41) is 43.1. The number of carbonyl (C=O) groups excluding carboxylic acids is 4. The summed E-state index contributed by atoms with van der Waals surface area (Å²) in [4.78, 5) is 53.6. The zero-order chi connectivity index (χ0) is 30.0. The average molecular weight is 571 g/mol. The number of halogens is 1. The van der Waals surface area contributed by atoms with Gasteiger partial charge < -0.3 is 31.1 Å². The van der Waals surface area contributed by atoms with Crippen LogP contribution in [0.4, 0.5) is 10.1 Å². The molecule has 1 aromatic heterocycles. The van der Waals surface area contributed by atoms with Crippen molar-refractivity contribution in [3.05, 3.63) is 52.3 Å². The Balaban J connectivity index is 1.64. The Labute approximate surface area is 231 Å². The van der Waals surface area contributed by atoms with Crippen molar-refractivity contribution in [2.75, 3.05) is 26.5 Å². The Morgan fingerprint density at radius 3 is 2.59 bits per heavy atom. The number of rotatable bonds is 6. The van der Waals surface area contributed by atoms with E-state index in [1.54, 1.807) is 14.1 Å². The first-order chi connectivity index (χ1) is 19.3. The van der Waals surface area contributed by atoms with Gasteiger partial charge in [-0.3, -0.25) is 24.1 Å². The summed E-state index contributed by atoms with van der Waals surface area (Å²) in [6.07, 6.45) is 2.57. The first kappa shape index (κ1) is 27.9. The molecule has 4 atom stereocenters. The quantitative estimate of drug-likeness (QED) is 0.230. The van der Waals surface area contributed by atoms with Gasteiger partial charge in [0.05, 0.1) is 23.5 Å². The van der Waals surface area contributed by atoms with Crippen LogP contribution < -0.4 is 11.1 Å². The number of aliphatic hydroxyl groups is 2. The van der Waals surface area contributed by atoms with Crippen molar-refractivity contribution in [1.29, 1.82) is 0 Å². The predicted octanol–water partition coefficient (Wildman–Crippen LogP) is -0.0126. The Hall–Kier alpha value is -4.63. The van der Waals surface area contributed by atoms with Gasteiger partial charge in [0.2, 0.25) is 11.7 Å². The minimum absolute atomic E-state index is 0.0420. The zero-order valence-electron chi connectivity index (χ0n) is 22.2. The Morgan fingerprint density at radius 1 is 1.29 bits per heavy atom. The second-order valence-electron chi connectivity index (χ2n) is 10.4. The summed E-state index contributed by atoms with van der Waals surface area (Å²) in [6, 6.07) is -0.223. The van der Waals surface area contributed by atoms with Crippen LogP contribution in [0.1, 0.15) is 17.5 Å². The maximum atomic E-state index is 15.4. The third-order valence-electron chi connectivity index (χ3n) is 8.01. The number of amides is 2. The van der Waals surface area contributed by atoms with E-state index >= 15 is 4.39 Å². The SMILES string of the molecule is CO[C@]12C(=O)C3=C(O)c4c(O)c(NC(=O)Cn5ccnn5)cc(F)c4C[C@H]3C[C@H]1[C@H](N(C)C)C(=O)C(C(N)=O)=C2O. The summed E-state index contributed by atoms with van der Waals surface area (Å²) in [7, 11) is 4.20. The van der Waals surface area contributed by atoms with E-state index in [9.17, 15) is 34.5 Å². The minimum Gasteiger partial charge on any atom is -0.508 e. The Kier molecular flexibility index (Phi) is 6.66. The van der Waals surface area contributed by atoms with Crippen molar-refractivity contribution in [2.24, 2.45) is 17.6 Å². The molecule has 6 N–H and O–H groups in total. The van der Waals surface area contributed by atoms with E-state index in [1.807, 2.05) is 0 Å². The molecule has 0 radical (unpaired) electrons. The number of likely N-dealkylation sites (N-methyl/N-ethyl adjacent to an activating group) is 1. The van der Waals surface area contributed by atoms with E-state index in [0.717, 1.165) is 13.2 Å². The smallest absolute Gasteiger partial charge is 0.255 e. The van der Waals surface area contributed by atoms with Gasteiger partial charge in [-0.15, -0.1) is 5.10 Å². The fraction of sp³-hybridized carbons (Fsp3) is 0.385. The van der Waals surface area contributed by atoms with Gasteiger partial charge in [0, 0.05) is 36.4 Å². The summed E-state index contributed by atoms with van der Waals surface area (Å²) in [6.45, 7) is -0.302. The fourth-order valence-electron chi connectivity index (χ4n) is 6.34. The number of ketones is 2. The normalized spacial score (nSPS) is 25.6. The molecule has 2 aromatic rings. The number of nitrogens with zero attached hydrogens (tertiary/aromatic N) is 4. The molecule has 3 aliphatic rings. The number of carbonyl (C=O) groups is 4. The van der Waals surface area contributed by atoms with Crippen molar-refractivity contribution in [1.82, 2.24) is 19.9 Å². The number of methoxy groups -OCH3 is 1. The van der Waals surface area contributed by atoms with Crippen LogP contribution in [0.3, 0.4) is 0 Å². The molecule has 0 bridgehead atoms. The number of Topliss-reactive ketones (excluding diaryl/α,β-unsaturated/α-hetero) is 2. The second kappa shape index (κ2) is 9.78. The molecule has 41 heavy (non-hydrogen) atoms. The van der Waals surface area contributed by atoms with Crippen LogP contribution in [-0.4, -0.2) is 91.4 Å². The number of nitrogens with two attached hydrogens (primary N) is 1. The molecule has 0 aliphatic heterocycles. The summed E-state index contributed by atoms with van der Waals surface area (Å²) in [5.41, 5.74) is 1.15. The molecule has 3 aliphatic carbocycles. The molecular weight excluding hydrogens is 543 g/mol. The van der Waals surface area contributed by atoms with E-state index in [0.29, 0.717) is 0 Å². The van der Waals surface area contributed by atoms with Gasteiger partial charge in [-0.1, -0.05) is 5.21 Å². The first-order valence-electron chi connectivity index (χ1n) is 12.5. The van der Waals surface area contributed by atoms with Gasteiger partial charge in [-0.05, 0) is 32.9 Å². The minimum atomic E-state index is -2.28. The average Bonchev–Trinajstić information content (AvgIpc) is 3.39. The third kappa shape index (κ3) is 3.99. The summed E-state index contributed by atoms with van der Waals surface area (Å²) < 4.78 is 22.2. The lowest BCUT2D eigenvalue weighted by Crippen LogP contribution is -2.66. The Morgan fingerprint density at radius 2 is 2.00 bits per heavy atom. The van der Waals surface area contributed by atoms with Crippen LogP contribution >= 0.6 is 0 Å². The maximum absolute atomic E-state index is 15.4. The third-order valence-corrected chi connectivity index (χ3v) is 8.01. The molecule has 5 rings (SSSR count). The maximum Gasteiger partial charge on any atom is 0.255 e. The molecule has 0 spiro atoms. The monoisotopic (exact) mass is 570 g/mol. The largest absolute Gasteiger partial charge is 0.508 e. The second-order valence-corrected chi connectivity index (χ2v) is 10.4. The van der Waals surface area contributed by atoms with Crippen LogP contribution in [-0.2, 0) is 36.9 Å². The molecule has 1 heterocycles. The van der Waals surface area contributed by atoms with Crippen molar-refractivity contribution in [2.45, 2.75) is 31.0 Å². The first-order valence-corrected chi connectivity index (χ1v) is 12.5. The number of phenolic OH excluding ortho intramolecular Hbond substituents is 1. The van der Waals surface area contributed by atoms with Crippen LogP contribution in [0.5, 0.6) is 5.75 Å². The number of primary amides is 1. The fourth-order valence-corrected chi connectivity index (χ4v) is 6.34. The van der Waals surface area contributed by atoms with Crippen LogP contribution in [0.25, 0.3) is 5.76 Å². The van der Waals surface area contributed by atoms with Crippen LogP contribution in [0.15, 0.2) is 35.4 Å². The molecule has 2 amide bonds. The summed E-state index contributed by atoms with van der Waals surface area (Å²) in [5.74, 6) is -8.92. The highest BCUT2D eigenvalue weighted by Gasteiger charge is 2.65. The number of hydrogen-bond donors (Lipinski definition) is 5. The van der Waals surface area contributed by atoms with Crippen molar-refractivity contribution >= 4 is 34.8 Å². The standard InChI is InChI=1S/C26H27FN6O8/c1-32(2)19-12-7-10-6-11-13(27)8-14(30-15(34)9-33-5-4-29-31-33)20(35)17(11)21(36)16(10)23(38)26(12,41-3)24(39)18(22(19)37)25(28)40/h4-5,8,10,12,19,35-36,39H,6-7,9H2,1-3H3,(H2,28,40)(H,30,34)/t10-,12-,19-,26-/m0/s1. The van der Waals surface area contributed by atoms with Gasteiger partial charge >= 0.3 is 0 Å². The van der Waals surface area contributed by atoms with Crippen molar-refractivity contribution < 1.29 is 43.6 Å². The van der Waals surface area contributed by atoms with E-state index in [1.165, 1.54) is 22.0 Å². The number of hydrogen-bond acceptors (Lipinski definition) is 11. The lowest BCUT2D eigenvalue weighted by molar-refractivity contribution is -0.159. The van der Waals surface area contributed by atoms with Crippen molar-refractivity contribution in [3.63, 3.8) is 0 Å². The van der Waals surface area contributed by atoms with Gasteiger partial charge in [-0.2, -0.15) is 0 Å². The number of anilines is 1. The number of aromatic nitrogens is 3. The number of ether oxygens (including phenoxy) is 1. The van der Waals surface area contributed by atoms with Gasteiger partial charge in [0.15, 0.2) is 17.1 Å². The van der Waals surface area contributed by atoms with Gasteiger partial charge in [-0.25, -0.2) is 9.07 Å². The van der Waals surface area contributed by atoms with E-state index in [2.05, 4.69) is 15.6 Å². The van der Waals surface area contributed by atoms with E-state index in [-0.39, 0.29) is 36.2 Å². The molecule has 1 saturated carbocycles. The van der Waals surface area contributed by atoms with Gasteiger partial charge in [0.1, 0.15) is 29.5 Å². The number of nitrogens with one attached hydrogen (secondary N) is 1. The number of aromatic hydroxyl groups is 1. The lowest BCUT2D eigenvalue weighted by atomic mass is 9.57. The lowest BCUT2D eigenvalue weighted by Gasteiger charge is -2.51. The van der Waals surface area contributed by atoms with Gasteiger partial charge in [0.25, 0.3) is 5.91 Å². The predicted molar refractivity (Wildman–Crippen MR) is 138 cm³/mol. The highest BCUT2D eigenvalue weighted by Crippen LogP contribution is 2.54. The number of phenols is 1. The molecule has 1 fully saturated rings. The molecule has 15 heteroatoms. The number of aliphatic hydroxyl groups excluding tert-OH is 2. The molecule has 14 nitrogen and oxygen atoms in total. The number of fused-ring (bicyclic) bond motifs is 3. The van der Waals surface area contributed by atoms with Crippen LogP contribution in [0.2, 0.25) is 0 Å². The molecule has 0 saturated heterocycles. The summed E-state index contributed by atoms with van der Waals surface area (Å²) >= 11 is 0. The van der Waals surface area contributed by atoms with E-state index < -0.39 is 81.1 Å². The zero-order valence-corrected chi connectivity index (χ0v) is 22.2. The van der Waals surface area contributed by atoms with Crippen molar-refractivity contribution in [3.8, 4) is 5.75 Å². The Bertz CT molecular complexity index is 1570. The molecule has 216 valence electrons.